The zero-order valence-electron chi connectivity index (χ0n) is 15.4. The summed E-state index contributed by atoms with van der Waals surface area (Å²) in [5.74, 6) is -1.07. The third-order valence-electron chi connectivity index (χ3n) is 4.50. The van der Waals surface area contributed by atoms with E-state index in [1.54, 1.807) is 18.6 Å². The maximum atomic E-state index is 12.6. The SMILES string of the molecule is O=C(NCCc1ccccn1)C(=O)N1CCCC1C(=O)CSc1ccncc1. The minimum atomic E-state index is -0.669. The first-order valence-electron chi connectivity index (χ1n) is 9.19. The van der Waals surface area contributed by atoms with Crippen molar-refractivity contribution in [1.29, 1.82) is 0 Å². The second-order valence-electron chi connectivity index (χ2n) is 6.42. The minimum absolute atomic E-state index is 0.0334. The number of ketones is 1. The fraction of sp³-hybridized carbons (Fsp3) is 0.350. The number of hydrogen-bond donors (Lipinski definition) is 1. The van der Waals surface area contributed by atoms with Crippen molar-refractivity contribution in [2.75, 3.05) is 18.8 Å². The topological polar surface area (TPSA) is 92.3 Å². The molecule has 1 aliphatic heterocycles. The third kappa shape index (κ3) is 5.39. The van der Waals surface area contributed by atoms with E-state index >= 15 is 0 Å². The largest absolute Gasteiger partial charge is 0.347 e. The summed E-state index contributed by atoms with van der Waals surface area (Å²) >= 11 is 1.41. The molecule has 146 valence electrons. The van der Waals surface area contributed by atoms with Gasteiger partial charge in [0.15, 0.2) is 5.78 Å². The van der Waals surface area contributed by atoms with Crippen molar-refractivity contribution in [2.24, 2.45) is 0 Å². The normalized spacial score (nSPS) is 16.0. The van der Waals surface area contributed by atoms with Gasteiger partial charge >= 0.3 is 11.8 Å². The number of likely N-dealkylation sites (tertiary alicyclic amines) is 1. The van der Waals surface area contributed by atoms with E-state index in [2.05, 4.69) is 15.3 Å². The van der Waals surface area contributed by atoms with Crippen LogP contribution in [0.3, 0.4) is 0 Å². The van der Waals surface area contributed by atoms with E-state index < -0.39 is 17.9 Å². The fourth-order valence-corrected chi connectivity index (χ4v) is 3.90. The molecule has 1 unspecified atom stereocenters. The molecule has 1 aliphatic rings. The predicted octanol–water partition coefficient (Wildman–Crippen LogP) is 1.49. The molecule has 1 atom stereocenters. The average Bonchev–Trinajstić information content (AvgIpc) is 3.23. The zero-order valence-corrected chi connectivity index (χ0v) is 16.2. The molecule has 0 spiro atoms. The van der Waals surface area contributed by atoms with Gasteiger partial charge in [-0.2, -0.15) is 0 Å². The molecule has 8 heteroatoms. The first kappa shape index (κ1) is 20.0. The van der Waals surface area contributed by atoms with E-state index in [0.717, 1.165) is 17.0 Å². The molecule has 2 aromatic rings. The number of amides is 2. The number of thioether (sulfide) groups is 1. The summed E-state index contributed by atoms with van der Waals surface area (Å²) in [6.45, 7) is 0.759. The molecule has 0 radical (unpaired) electrons. The number of carbonyl (C=O) groups is 3. The molecule has 7 nitrogen and oxygen atoms in total. The Balaban J connectivity index is 1.48. The summed E-state index contributed by atoms with van der Waals surface area (Å²) in [7, 11) is 0. The van der Waals surface area contributed by atoms with Crippen LogP contribution in [0.1, 0.15) is 18.5 Å². The van der Waals surface area contributed by atoms with Crippen LogP contribution in [0.4, 0.5) is 0 Å². The Morgan fingerprint density at radius 2 is 1.96 bits per heavy atom. The van der Waals surface area contributed by atoms with Crippen LogP contribution in [0.5, 0.6) is 0 Å². The Labute approximate surface area is 167 Å². The summed E-state index contributed by atoms with van der Waals surface area (Å²) in [4.78, 5) is 47.8. The lowest BCUT2D eigenvalue weighted by atomic mass is 10.1. The van der Waals surface area contributed by atoms with E-state index in [1.165, 1.54) is 16.7 Å². The van der Waals surface area contributed by atoms with Crippen LogP contribution < -0.4 is 5.32 Å². The smallest absolute Gasteiger partial charge is 0.312 e. The maximum Gasteiger partial charge on any atom is 0.312 e. The highest BCUT2D eigenvalue weighted by Gasteiger charge is 2.36. The summed E-state index contributed by atoms with van der Waals surface area (Å²) in [6.07, 6.45) is 6.91. The monoisotopic (exact) mass is 398 g/mol. The number of pyridine rings is 2. The van der Waals surface area contributed by atoms with Gasteiger partial charge in [0, 0.05) is 48.7 Å². The standard InChI is InChI=1S/C20H22N4O3S/c25-18(14-28-16-7-10-21-11-8-16)17-5-3-13-24(17)20(27)19(26)23-12-6-15-4-1-2-9-22-15/h1-2,4,7-11,17H,3,5-6,12-14H2,(H,23,26). The summed E-state index contributed by atoms with van der Waals surface area (Å²) < 4.78 is 0. The minimum Gasteiger partial charge on any atom is -0.347 e. The quantitative estimate of drug-likeness (QED) is 0.561. The number of aromatic nitrogens is 2. The van der Waals surface area contributed by atoms with Crippen molar-refractivity contribution in [2.45, 2.75) is 30.2 Å². The number of nitrogens with zero attached hydrogens (tertiary/aromatic N) is 3. The molecule has 3 rings (SSSR count). The van der Waals surface area contributed by atoms with E-state index in [9.17, 15) is 14.4 Å². The van der Waals surface area contributed by atoms with Gasteiger partial charge in [0.05, 0.1) is 11.8 Å². The highest BCUT2D eigenvalue weighted by atomic mass is 32.2. The molecular weight excluding hydrogens is 376 g/mol. The molecule has 0 bridgehead atoms. The van der Waals surface area contributed by atoms with Crippen LogP contribution >= 0.6 is 11.8 Å². The van der Waals surface area contributed by atoms with Gasteiger partial charge in [-0.25, -0.2) is 0 Å². The second-order valence-corrected chi connectivity index (χ2v) is 7.47. The van der Waals surface area contributed by atoms with E-state index in [-0.39, 0.29) is 11.5 Å². The van der Waals surface area contributed by atoms with Gasteiger partial charge in [-0.1, -0.05) is 6.07 Å². The number of carbonyl (C=O) groups excluding carboxylic acids is 3. The molecule has 2 amide bonds. The number of rotatable bonds is 7. The van der Waals surface area contributed by atoms with E-state index in [1.807, 2.05) is 30.3 Å². The van der Waals surface area contributed by atoms with Gasteiger partial charge in [0.2, 0.25) is 0 Å². The molecule has 2 aromatic heterocycles. The zero-order chi connectivity index (χ0) is 19.8. The van der Waals surface area contributed by atoms with Gasteiger partial charge in [0.25, 0.3) is 0 Å². The molecule has 1 saturated heterocycles. The van der Waals surface area contributed by atoms with Gasteiger partial charge < -0.3 is 10.2 Å². The van der Waals surface area contributed by atoms with Crippen LogP contribution in [-0.4, -0.2) is 57.3 Å². The second kappa shape index (κ2) is 9.98. The highest BCUT2D eigenvalue weighted by Crippen LogP contribution is 2.23. The Bertz CT molecular complexity index is 817. The predicted molar refractivity (Wildman–Crippen MR) is 106 cm³/mol. The van der Waals surface area contributed by atoms with Crippen LogP contribution in [0.2, 0.25) is 0 Å². The molecule has 0 aliphatic carbocycles. The highest BCUT2D eigenvalue weighted by molar-refractivity contribution is 8.00. The molecule has 1 fully saturated rings. The number of Topliss-reactive ketones (excluding diaryl/α,β-unsaturated/α-hetero) is 1. The van der Waals surface area contributed by atoms with Crippen LogP contribution in [0.15, 0.2) is 53.8 Å². The first-order chi connectivity index (χ1) is 13.6. The van der Waals surface area contributed by atoms with Crippen molar-refractivity contribution < 1.29 is 14.4 Å². The Morgan fingerprint density at radius 1 is 1.14 bits per heavy atom. The molecule has 3 heterocycles. The van der Waals surface area contributed by atoms with Gasteiger partial charge in [-0.05, 0) is 37.1 Å². The third-order valence-corrected chi connectivity index (χ3v) is 5.54. The van der Waals surface area contributed by atoms with Crippen molar-refractivity contribution in [3.8, 4) is 0 Å². The number of hydrogen-bond acceptors (Lipinski definition) is 6. The molecule has 1 N–H and O–H groups in total. The Morgan fingerprint density at radius 3 is 2.71 bits per heavy atom. The Kier molecular flexibility index (Phi) is 7.13. The summed E-state index contributed by atoms with van der Waals surface area (Å²) in [5.41, 5.74) is 0.845. The lowest BCUT2D eigenvalue weighted by molar-refractivity contribution is -0.147. The van der Waals surface area contributed by atoms with Gasteiger partial charge in [-0.3, -0.25) is 24.4 Å². The van der Waals surface area contributed by atoms with Crippen LogP contribution in [0, 0.1) is 0 Å². The van der Waals surface area contributed by atoms with E-state index in [4.69, 9.17) is 0 Å². The maximum absolute atomic E-state index is 12.6. The molecule has 0 saturated carbocycles. The lowest BCUT2D eigenvalue weighted by Crippen LogP contribution is -2.48. The molecule has 28 heavy (non-hydrogen) atoms. The van der Waals surface area contributed by atoms with Gasteiger partial charge in [0.1, 0.15) is 0 Å². The summed E-state index contributed by atoms with van der Waals surface area (Å²) in [6, 6.07) is 8.71. The van der Waals surface area contributed by atoms with Crippen molar-refractivity contribution in [3.63, 3.8) is 0 Å². The fourth-order valence-electron chi connectivity index (χ4n) is 3.09. The first-order valence-corrected chi connectivity index (χ1v) is 10.2. The Hall–Kier alpha value is -2.74. The average molecular weight is 398 g/mol. The van der Waals surface area contributed by atoms with Crippen LogP contribution in [-0.2, 0) is 20.8 Å². The molecular formula is C20H22N4O3S. The summed E-state index contributed by atoms with van der Waals surface area (Å²) in [5, 5.41) is 2.63. The van der Waals surface area contributed by atoms with Gasteiger partial charge in [-0.15, -0.1) is 11.8 Å². The van der Waals surface area contributed by atoms with Crippen molar-refractivity contribution >= 4 is 29.4 Å². The number of nitrogens with one attached hydrogen (secondary N) is 1. The molecule has 0 aromatic carbocycles. The van der Waals surface area contributed by atoms with Crippen LogP contribution in [0.25, 0.3) is 0 Å². The lowest BCUT2D eigenvalue weighted by Gasteiger charge is -2.23. The van der Waals surface area contributed by atoms with Crippen molar-refractivity contribution in [1.82, 2.24) is 20.2 Å². The van der Waals surface area contributed by atoms with E-state index in [0.29, 0.717) is 25.9 Å². The van der Waals surface area contributed by atoms with Crippen molar-refractivity contribution in [3.05, 3.63) is 54.6 Å².